The van der Waals surface area contributed by atoms with E-state index in [1.807, 2.05) is 66.7 Å². The van der Waals surface area contributed by atoms with Gasteiger partial charge < -0.3 is 9.64 Å². The van der Waals surface area contributed by atoms with E-state index in [0.717, 1.165) is 50.0 Å². The highest BCUT2D eigenvalue weighted by molar-refractivity contribution is 7.89. The molecule has 0 bridgehead atoms. The predicted octanol–water partition coefficient (Wildman–Crippen LogP) is 7.74. The fraction of sp³-hybridized carbons (Fsp3) is 0.314. The van der Waals surface area contributed by atoms with Crippen LogP contribution in [-0.4, -0.2) is 26.4 Å². The average Bonchev–Trinajstić information content (AvgIpc) is 2.99. The Labute approximate surface area is 251 Å². The van der Waals surface area contributed by atoms with Crippen LogP contribution >= 0.6 is 0 Å². The molecule has 42 heavy (non-hydrogen) atoms. The molecule has 4 aromatic carbocycles. The van der Waals surface area contributed by atoms with Gasteiger partial charge in [0.25, 0.3) is 0 Å². The Hall–Kier alpha value is -3.65. The summed E-state index contributed by atoms with van der Waals surface area (Å²) in [5.41, 5.74) is 4.02. The molecule has 0 saturated carbocycles. The summed E-state index contributed by atoms with van der Waals surface area (Å²) in [4.78, 5) is 4.61. The molecule has 7 heteroatoms. The molecule has 0 amide bonds. The number of benzene rings is 4. The van der Waals surface area contributed by atoms with Crippen molar-refractivity contribution in [3.8, 4) is 11.5 Å². The third-order valence-corrected chi connectivity index (χ3v) is 8.09. The highest BCUT2D eigenvalue weighted by Gasteiger charge is 2.25. The number of rotatable bonds is 16. The number of nitrogens with two attached hydrogens (primary N) is 1. The summed E-state index contributed by atoms with van der Waals surface area (Å²) in [6.45, 7) is 7.90. The molecular weight excluding hydrogens is 542 g/mol. The standard InChI is InChI=1S/C35H43N3O3S/c1-3-5-22-38(23-6-4-2)33-24-31(25-34(42(36,39)40)35(33)41-32-20-14-9-15-21-32)28-37(26-29-16-10-7-11-17-29)27-30-18-12-8-13-19-30/h7-21,24-25H,3-6,22-23,26-28H2,1-2H3,(H2,36,39,40). The number of sulfonamides is 1. The van der Waals surface area contributed by atoms with Crippen molar-refractivity contribution in [3.63, 3.8) is 0 Å². The van der Waals surface area contributed by atoms with Crippen LogP contribution in [0.15, 0.2) is 108 Å². The molecule has 0 aliphatic carbocycles. The zero-order valence-corrected chi connectivity index (χ0v) is 25.6. The van der Waals surface area contributed by atoms with Gasteiger partial charge in [0, 0.05) is 32.7 Å². The Bertz CT molecular complexity index is 1430. The summed E-state index contributed by atoms with van der Waals surface area (Å²) in [6.07, 6.45) is 4.03. The number of para-hydroxylation sites is 1. The maximum absolute atomic E-state index is 13.1. The van der Waals surface area contributed by atoms with Crippen LogP contribution < -0.4 is 14.8 Å². The summed E-state index contributed by atoms with van der Waals surface area (Å²) in [6, 6.07) is 33.8. The van der Waals surface area contributed by atoms with E-state index in [9.17, 15) is 8.42 Å². The topological polar surface area (TPSA) is 75.9 Å². The van der Waals surface area contributed by atoms with Crippen molar-refractivity contribution in [2.24, 2.45) is 5.14 Å². The average molecular weight is 586 g/mol. The molecule has 0 spiro atoms. The van der Waals surface area contributed by atoms with E-state index in [0.29, 0.717) is 25.4 Å². The monoisotopic (exact) mass is 585 g/mol. The number of anilines is 1. The van der Waals surface area contributed by atoms with Crippen molar-refractivity contribution in [3.05, 3.63) is 120 Å². The van der Waals surface area contributed by atoms with Crippen LogP contribution in [0.25, 0.3) is 0 Å². The SMILES string of the molecule is CCCCN(CCCC)c1cc(CN(Cc2ccccc2)Cc2ccccc2)cc(S(N)(=O)=O)c1Oc1ccccc1. The molecular formula is C35H43N3O3S. The van der Waals surface area contributed by atoms with Gasteiger partial charge in [-0.3, -0.25) is 4.90 Å². The number of primary sulfonamides is 1. The zero-order valence-electron chi connectivity index (χ0n) is 24.8. The Morgan fingerprint density at radius 2 is 1.14 bits per heavy atom. The molecule has 0 heterocycles. The van der Waals surface area contributed by atoms with Gasteiger partial charge >= 0.3 is 0 Å². The van der Waals surface area contributed by atoms with Gasteiger partial charge in [0.15, 0.2) is 5.75 Å². The van der Waals surface area contributed by atoms with Crippen LogP contribution in [-0.2, 0) is 29.7 Å². The van der Waals surface area contributed by atoms with Gasteiger partial charge in [0.1, 0.15) is 10.6 Å². The number of hydrogen-bond acceptors (Lipinski definition) is 5. The van der Waals surface area contributed by atoms with Crippen molar-refractivity contribution in [2.75, 3.05) is 18.0 Å². The lowest BCUT2D eigenvalue weighted by atomic mass is 10.1. The lowest BCUT2D eigenvalue weighted by molar-refractivity contribution is 0.247. The second-order valence-electron chi connectivity index (χ2n) is 10.7. The van der Waals surface area contributed by atoms with Crippen molar-refractivity contribution < 1.29 is 13.2 Å². The maximum Gasteiger partial charge on any atom is 0.241 e. The fourth-order valence-corrected chi connectivity index (χ4v) is 5.77. The van der Waals surface area contributed by atoms with E-state index in [-0.39, 0.29) is 10.6 Å². The van der Waals surface area contributed by atoms with Crippen LogP contribution in [0.5, 0.6) is 11.5 Å². The molecule has 0 radical (unpaired) electrons. The van der Waals surface area contributed by atoms with E-state index in [1.54, 1.807) is 6.07 Å². The van der Waals surface area contributed by atoms with E-state index in [4.69, 9.17) is 9.88 Å². The number of nitrogens with zero attached hydrogens (tertiary/aromatic N) is 2. The van der Waals surface area contributed by atoms with Crippen LogP contribution in [0, 0.1) is 0 Å². The minimum atomic E-state index is -4.10. The first kappa shape index (κ1) is 31.3. The van der Waals surface area contributed by atoms with E-state index >= 15 is 0 Å². The van der Waals surface area contributed by atoms with Gasteiger partial charge in [0.05, 0.1) is 5.69 Å². The lowest BCUT2D eigenvalue weighted by Gasteiger charge is -2.29. The Balaban J connectivity index is 1.81. The highest BCUT2D eigenvalue weighted by atomic mass is 32.2. The number of hydrogen-bond donors (Lipinski definition) is 1. The van der Waals surface area contributed by atoms with Crippen LogP contribution in [0.3, 0.4) is 0 Å². The third-order valence-electron chi connectivity index (χ3n) is 7.17. The predicted molar refractivity (Wildman–Crippen MR) is 172 cm³/mol. The second kappa shape index (κ2) is 15.5. The summed E-state index contributed by atoms with van der Waals surface area (Å²) >= 11 is 0. The van der Waals surface area contributed by atoms with E-state index in [1.165, 1.54) is 11.1 Å². The van der Waals surface area contributed by atoms with Crippen LogP contribution in [0.1, 0.15) is 56.2 Å². The van der Waals surface area contributed by atoms with E-state index in [2.05, 4.69) is 54.0 Å². The second-order valence-corrected chi connectivity index (χ2v) is 12.2. The molecule has 0 unspecified atom stereocenters. The van der Waals surface area contributed by atoms with Crippen LogP contribution in [0.4, 0.5) is 5.69 Å². The highest BCUT2D eigenvalue weighted by Crippen LogP contribution is 2.40. The number of ether oxygens (including phenoxy) is 1. The lowest BCUT2D eigenvalue weighted by Crippen LogP contribution is -2.28. The van der Waals surface area contributed by atoms with Gasteiger partial charge in [-0.2, -0.15) is 0 Å². The van der Waals surface area contributed by atoms with Crippen molar-refractivity contribution in [1.82, 2.24) is 4.90 Å². The smallest absolute Gasteiger partial charge is 0.241 e. The van der Waals surface area contributed by atoms with Gasteiger partial charge in [0.2, 0.25) is 10.0 Å². The quantitative estimate of drug-likeness (QED) is 0.146. The minimum Gasteiger partial charge on any atom is -0.454 e. The van der Waals surface area contributed by atoms with Gasteiger partial charge in [-0.1, -0.05) is 106 Å². The Morgan fingerprint density at radius 3 is 1.62 bits per heavy atom. The minimum absolute atomic E-state index is 0.0104. The summed E-state index contributed by atoms with van der Waals surface area (Å²) in [5.74, 6) is 0.856. The molecule has 0 aromatic heterocycles. The molecule has 4 rings (SSSR count). The Kier molecular flexibility index (Phi) is 11.6. The van der Waals surface area contributed by atoms with Crippen molar-refractivity contribution >= 4 is 15.7 Å². The first-order chi connectivity index (χ1) is 20.4. The summed E-state index contributed by atoms with van der Waals surface area (Å²) in [7, 11) is -4.10. The first-order valence-corrected chi connectivity index (χ1v) is 16.4. The molecule has 0 aliphatic rings. The van der Waals surface area contributed by atoms with Gasteiger partial charge in [-0.15, -0.1) is 0 Å². The maximum atomic E-state index is 13.1. The molecule has 0 aliphatic heterocycles. The molecule has 0 atom stereocenters. The molecule has 6 nitrogen and oxygen atoms in total. The normalized spacial score (nSPS) is 11.5. The summed E-state index contributed by atoms with van der Waals surface area (Å²) in [5, 5.41) is 5.89. The van der Waals surface area contributed by atoms with Crippen LogP contribution in [0.2, 0.25) is 0 Å². The fourth-order valence-electron chi connectivity index (χ4n) is 5.05. The first-order valence-electron chi connectivity index (χ1n) is 14.8. The summed E-state index contributed by atoms with van der Waals surface area (Å²) < 4.78 is 32.6. The third kappa shape index (κ3) is 9.18. The molecule has 0 saturated heterocycles. The largest absolute Gasteiger partial charge is 0.454 e. The zero-order chi connectivity index (χ0) is 29.8. The van der Waals surface area contributed by atoms with Crippen molar-refractivity contribution in [1.29, 1.82) is 0 Å². The van der Waals surface area contributed by atoms with Gasteiger partial charge in [-0.25, -0.2) is 13.6 Å². The molecule has 0 fully saturated rings. The Morgan fingerprint density at radius 1 is 0.667 bits per heavy atom. The molecule has 4 aromatic rings. The van der Waals surface area contributed by atoms with Gasteiger partial charge in [-0.05, 0) is 53.8 Å². The number of unbranched alkanes of at least 4 members (excludes halogenated alkanes) is 2. The van der Waals surface area contributed by atoms with Crippen molar-refractivity contribution in [2.45, 2.75) is 64.1 Å². The molecule has 2 N–H and O–H groups in total. The molecule has 222 valence electrons. The van der Waals surface area contributed by atoms with E-state index < -0.39 is 10.0 Å².